The van der Waals surface area contributed by atoms with Crippen molar-refractivity contribution in [2.24, 2.45) is 0 Å². The van der Waals surface area contributed by atoms with Gasteiger partial charge in [0.25, 0.3) is 0 Å². The van der Waals surface area contributed by atoms with E-state index in [1.807, 2.05) is 0 Å². The highest BCUT2D eigenvalue weighted by Gasteiger charge is 2.32. The summed E-state index contributed by atoms with van der Waals surface area (Å²) in [6, 6.07) is 0. The second kappa shape index (κ2) is 7.89. The van der Waals surface area contributed by atoms with Gasteiger partial charge in [-0.25, -0.2) is 9.59 Å². The first-order valence-electron chi connectivity index (χ1n) is 11.3. The van der Waals surface area contributed by atoms with Crippen molar-refractivity contribution in [2.75, 3.05) is 13.2 Å². The summed E-state index contributed by atoms with van der Waals surface area (Å²) in [4.78, 5) is 42.4. The lowest BCUT2D eigenvalue weighted by molar-refractivity contribution is 0.175. The number of thiophene rings is 3. The molecule has 1 aliphatic rings. The fourth-order valence-corrected chi connectivity index (χ4v) is 8.43. The SMILES string of the molecule is CCC(C)c1sc(-c2sc(-c3sc(C(C)C)c4[nH]c(=O)[nH]c34)c3c2OCCO3)c2[nH]c(=O)[nH]c12. The number of aromatic amines is 4. The topological polar surface area (TPSA) is 116 Å². The van der Waals surface area contributed by atoms with Gasteiger partial charge in [-0.15, -0.1) is 34.0 Å². The molecule has 0 amide bonds. The number of imidazole rings is 2. The second-order valence-corrected chi connectivity index (χ2v) is 12.0. The van der Waals surface area contributed by atoms with Gasteiger partial charge in [0.05, 0.1) is 41.6 Å². The Labute approximate surface area is 206 Å². The molecule has 0 spiro atoms. The molecule has 0 radical (unpaired) electrons. The molecule has 1 atom stereocenters. The average Bonchev–Trinajstić information content (AvgIpc) is 3.59. The summed E-state index contributed by atoms with van der Waals surface area (Å²) in [6.45, 7) is 9.49. The van der Waals surface area contributed by atoms with Crippen molar-refractivity contribution in [3.63, 3.8) is 0 Å². The summed E-state index contributed by atoms with van der Waals surface area (Å²) in [5.41, 5.74) is 2.91. The van der Waals surface area contributed by atoms with E-state index in [4.69, 9.17) is 9.47 Å². The molecule has 178 valence electrons. The van der Waals surface area contributed by atoms with E-state index in [2.05, 4.69) is 47.6 Å². The molecule has 0 saturated carbocycles. The lowest BCUT2D eigenvalue weighted by Crippen LogP contribution is -2.14. The van der Waals surface area contributed by atoms with Gasteiger partial charge in [0.2, 0.25) is 0 Å². The molecule has 0 bridgehead atoms. The van der Waals surface area contributed by atoms with Crippen LogP contribution in [0, 0.1) is 0 Å². The number of nitrogens with one attached hydrogen (secondary N) is 4. The Morgan fingerprint density at radius 1 is 0.706 bits per heavy atom. The highest BCUT2D eigenvalue weighted by atomic mass is 32.1. The zero-order valence-corrected chi connectivity index (χ0v) is 21.6. The van der Waals surface area contributed by atoms with E-state index in [0.29, 0.717) is 30.6 Å². The highest BCUT2D eigenvalue weighted by molar-refractivity contribution is 7.28. The van der Waals surface area contributed by atoms with E-state index in [0.717, 1.165) is 57.8 Å². The second-order valence-electron chi connectivity index (χ2n) is 8.83. The first-order valence-corrected chi connectivity index (χ1v) is 13.7. The number of rotatable bonds is 5. The van der Waals surface area contributed by atoms with Crippen molar-refractivity contribution in [1.82, 2.24) is 19.9 Å². The third kappa shape index (κ3) is 3.14. The van der Waals surface area contributed by atoms with Crippen molar-refractivity contribution < 1.29 is 9.47 Å². The number of H-pyrrole nitrogens is 4. The van der Waals surface area contributed by atoms with Crippen LogP contribution in [0.3, 0.4) is 0 Å². The van der Waals surface area contributed by atoms with Crippen LogP contribution in [0.5, 0.6) is 11.5 Å². The van der Waals surface area contributed by atoms with Gasteiger partial charge in [0, 0.05) is 9.75 Å². The van der Waals surface area contributed by atoms with Crippen molar-refractivity contribution in [2.45, 2.75) is 46.0 Å². The lowest BCUT2D eigenvalue weighted by Gasteiger charge is -2.17. The number of hydrogen-bond donors (Lipinski definition) is 4. The lowest BCUT2D eigenvalue weighted by atomic mass is 10.1. The molecule has 4 N–H and O–H groups in total. The Balaban J connectivity index is 1.63. The molecule has 5 aromatic heterocycles. The quantitative estimate of drug-likeness (QED) is 0.231. The maximum atomic E-state index is 12.2. The summed E-state index contributed by atoms with van der Waals surface area (Å²) < 4.78 is 12.3. The van der Waals surface area contributed by atoms with E-state index < -0.39 is 0 Å². The predicted octanol–water partition coefficient (Wildman–Crippen LogP) is 5.95. The van der Waals surface area contributed by atoms with Gasteiger partial charge < -0.3 is 29.4 Å². The molecule has 34 heavy (non-hydrogen) atoms. The van der Waals surface area contributed by atoms with E-state index in [-0.39, 0.29) is 17.3 Å². The van der Waals surface area contributed by atoms with E-state index in [9.17, 15) is 9.59 Å². The number of aromatic nitrogens is 4. The van der Waals surface area contributed by atoms with Crippen LogP contribution in [-0.2, 0) is 0 Å². The third-order valence-electron chi connectivity index (χ3n) is 6.22. The molecule has 0 fully saturated rings. The Bertz CT molecular complexity index is 1650. The number of ether oxygens (including phenoxy) is 2. The van der Waals surface area contributed by atoms with E-state index in [1.165, 1.54) is 0 Å². The van der Waals surface area contributed by atoms with Gasteiger partial charge in [-0.3, -0.25) is 0 Å². The number of fused-ring (bicyclic) bond motifs is 3. The van der Waals surface area contributed by atoms with Crippen LogP contribution < -0.4 is 20.9 Å². The third-order valence-corrected chi connectivity index (χ3v) is 10.6. The van der Waals surface area contributed by atoms with Crippen LogP contribution >= 0.6 is 34.0 Å². The normalized spacial score (nSPS) is 14.6. The van der Waals surface area contributed by atoms with Crippen molar-refractivity contribution in [3.05, 3.63) is 30.7 Å². The highest BCUT2D eigenvalue weighted by Crippen LogP contribution is 2.58. The Hall–Kier alpha value is -2.76. The van der Waals surface area contributed by atoms with Gasteiger partial charge in [-0.1, -0.05) is 27.7 Å². The summed E-state index contributed by atoms with van der Waals surface area (Å²) in [5, 5.41) is 0. The largest absolute Gasteiger partial charge is 0.485 e. The Morgan fingerprint density at radius 2 is 1.18 bits per heavy atom. The molecule has 0 saturated heterocycles. The maximum Gasteiger partial charge on any atom is 0.323 e. The average molecular weight is 517 g/mol. The molecule has 11 heteroatoms. The first kappa shape index (κ1) is 21.8. The van der Waals surface area contributed by atoms with Crippen molar-refractivity contribution in [3.8, 4) is 31.0 Å². The van der Waals surface area contributed by atoms with E-state index >= 15 is 0 Å². The smallest absolute Gasteiger partial charge is 0.323 e. The molecular weight excluding hydrogens is 492 g/mol. The van der Waals surface area contributed by atoms with Crippen molar-refractivity contribution >= 4 is 56.1 Å². The maximum absolute atomic E-state index is 12.2. The molecule has 6 rings (SSSR count). The molecule has 5 aromatic rings. The zero-order chi connectivity index (χ0) is 23.7. The Kier molecular flexibility index (Phi) is 5.05. The van der Waals surface area contributed by atoms with E-state index in [1.54, 1.807) is 34.0 Å². The van der Waals surface area contributed by atoms with Crippen molar-refractivity contribution in [1.29, 1.82) is 0 Å². The van der Waals surface area contributed by atoms with Gasteiger partial charge in [0.15, 0.2) is 11.5 Å². The monoisotopic (exact) mass is 516 g/mol. The Morgan fingerprint density at radius 3 is 1.68 bits per heavy atom. The van der Waals surface area contributed by atoms with Gasteiger partial charge in [0.1, 0.15) is 13.2 Å². The summed E-state index contributed by atoms with van der Waals surface area (Å²) >= 11 is 4.94. The van der Waals surface area contributed by atoms with Gasteiger partial charge in [-0.2, -0.15) is 0 Å². The molecular formula is C23H24N4O4S3. The molecule has 6 heterocycles. The summed E-state index contributed by atoms with van der Waals surface area (Å²) in [7, 11) is 0. The van der Waals surface area contributed by atoms with Crippen LogP contribution in [-0.4, -0.2) is 33.1 Å². The fourth-order valence-electron chi connectivity index (χ4n) is 4.41. The minimum absolute atomic E-state index is 0.210. The van der Waals surface area contributed by atoms with Gasteiger partial charge in [-0.05, 0) is 18.3 Å². The zero-order valence-electron chi connectivity index (χ0n) is 19.1. The van der Waals surface area contributed by atoms with Gasteiger partial charge >= 0.3 is 11.4 Å². The molecule has 0 aromatic carbocycles. The van der Waals surface area contributed by atoms with Crippen LogP contribution in [0.4, 0.5) is 0 Å². The summed E-state index contributed by atoms with van der Waals surface area (Å²) in [6.07, 6.45) is 0.974. The minimum atomic E-state index is -0.216. The predicted molar refractivity (Wildman–Crippen MR) is 140 cm³/mol. The van der Waals surface area contributed by atoms with Crippen LogP contribution in [0.1, 0.15) is 55.7 Å². The van der Waals surface area contributed by atoms with Crippen LogP contribution in [0.25, 0.3) is 41.6 Å². The van der Waals surface area contributed by atoms with Crippen LogP contribution in [0.15, 0.2) is 9.59 Å². The molecule has 8 nitrogen and oxygen atoms in total. The first-order chi connectivity index (χ1) is 16.4. The standard InChI is InChI=1S/C23H24N4O4S3/c1-5-9(4)17-11-13(27-23(29)25-11)19(33-17)21-15-14(30-6-7-31-15)20(34-21)18-12-10(24-22(28)26-12)16(32-18)8(2)3/h8-9H,5-7H2,1-4H3,(H2,24,26,28)(H2,25,27,29). The van der Waals surface area contributed by atoms with Crippen LogP contribution in [0.2, 0.25) is 0 Å². The minimum Gasteiger partial charge on any atom is -0.485 e. The molecule has 0 aliphatic carbocycles. The number of hydrogen-bond acceptors (Lipinski definition) is 7. The summed E-state index contributed by atoms with van der Waals surface area (Å²) in [5.74, 6) is 1.99. The fraction of sp³-hybridized carbons (Fsp3) is 0.391. The molecule has 1 unspecified atom stereocenters. The molecule has 1 aliphatic heterocycles.